The van der Waals surface area contributed by atoms with Crippen molar-refractivity contribution in [3.8, 4) is 5.75 Å². The number of esters is 1. The Kier molecular flexibility index (Phi) is 6.18. The Balaban J connectivity index is 2.18. The zero-order chi connectivity index (χ0) is 19.3. The summed E-state index contributed by atoms with van der Waals surface area (Å²) in [6.45, 7) is 4.09. The van der Waals surface area contributed by atoms with Gasteiger partial charge in [0.05, 0.1) is 11.5 Å². The number of carbonyl (C=O) groups is 1. The fraction of sp³-hybridized carbons (Fsp3) is 0.211. The quantitative estimate of drug-likeness (QED) is 0.454. The molecule has 0 amide bonds. The maximum absolute atomic E-state index is 12.0. The van der Waals surface area contributed by atoms with Gasteiger partial charge in [-0.1, -0.05) is 44.2 Å². The van der Waals surface area contributed by atoms with E-state index in [1.165, 1.54) is 36.4 Å². The maximum atomic E-state index is 12.0. The Morgan fingerprint density at radius 2 is 1.65 bits per heavy atom. The van der Waals surface area contributed by atoms with Crippen LogP contribution < -0.4 is 0 Å². The van der Waals surface area contributed by atoms with E-state index in [1.54, 1.807) is 18.2 Å². The van der Waals surface area contributed by atoms with E-state index in [1.807, 2.05) is 13.8 Å². The molecule has 0 aliphatic rings. The summed E-state index contributed by atoms with van der Waals surface area (Å²) >= 11 is 0. The van der Waals surface area contributed by atoms with Gasteiger partial charge in [-0.2, -0.15) is 8.42 Å². The van der Waals surface area contributed by atoms with Crippen molar-refractivity contribution in [2.24, 2.45) is 5.92 Å². The topological polar surface area (TPSA) is 101 Å². The molecule has 0 unspecified atom stereocenters. The Morgan fingerprint density at radius 3 is 2.23 bits per heavy atom. The average Bonchev–Trinajstić information content (AvgIpc) is 2.58. The van der Waals surface area contributed by atoms with Gasteiger partial charge in [0.15, 0.2) is 0 Å². The number of phenols is 1. The van der Waals surface area contributed by atoms with Crippen molar-refractivity contribution in [1.29, 1.82) is 0 Å². The van der Waals surface area contributed by atoms with Crippen LogP contribution in [-0.2, 0) is 14.9 Å². The molecule has 138 valence electrons. The molecule has 0 spiro atoms. The summed E-state index contributed by atoms with van der Waals surface area (Å²) in [6.07, 6.45) is 3.42. The summed E-state index contributed by atoms with van der Waals surface area (Å²) in [5.74, 6) is -0.563. The van der Waals surface area contributed by atoms with Gasteiger partial charge in [-0.25, -0.2) is 4.79 Å². The second-order valence-electron chi connectivity index (χ2n) is 6.15. The maximum Gasteiger partial charge on any atom is 0.341 e. The van der Waals surface area contributed by atoms with Gasteiger partial charge in [-0.3, -0.25) is 4.55 Å². The normalized spacial score (nSPS) is 11.8. The highest BCUT2D eigenvalue weighted by Gasteiger charge is 2.13. The molecule has 6 nitrogen and oxygen atoms in total. The van der Waals surface area contributed by atoms with Gasteiger partial charge in [-0.15, -0.1) is 0 Å². The first kappa shape index (κ1) is 19.7. The van der Waals surface area contributed by atoms with Gasteiger partial charge < -0.3 is 9.84 Å². The van der Waals surface area contributed by atoms with Crippen molar-refractivity contribution in [2.45, 2.75) is 18.7 Å². The van der Waals surface area contributed by atoms with Gasteiger partial charge in [0.2, 0.25) is 0 Å². The Hall–Kier alpha value is -2.64. The molecule has 0 fully saturated rings. The first-order valence-corrected chi connectivity index (χ1v) is 9.36. The van der Waals surface area contributed by atoms with Crippen molar-refractivity contribution >= 4 is 28.2 Å². The van der Waals surface area contributed by atoms with Gasteiger partial charge >= 0.3 is 5.97 Å². The molecule has 2 aromatic carbocycles. The fourth-order valence-electron chi connectivity index (χ4n) is 2.08. The summed E-state index contributed by atoms with van der Waals surface area (Å²) < 4.78 is 36.1. The molecule has 0 aliphatic heterocycles. The van der Waals surface area contributed by atoms with E-state index >= 15 is 0 Å². The highest BCUT2D eigenvalue weighted by molar-refractivity contribution is 7.85. The monoisotopic (exact) mass is 376 g/mol. The number of phenolic OH excluding ortho intramolecular Hbond substituents is 1. The minimum absolute atomic E-state index is 0.0783. The van der Waals surface area contributed by atoms with Gasteiger partial charge in [0.1, 0.15) is 11.3 Å². The van der Waals surface area contributed by atoms with Crippen molar-refractivity contribution in [3.05, 3.63) is 59.2 Å². The molecule has 26 heavy (non-hydrogen) atoms. The number of hydrogen-bond acceptors (Lipinski definition) is 5. The number of carbonyl (C=O) groups excluding carboxylic acids is 1. The average molecular weight is 376 g/mol. The number of hydrogen-bond donors (Lipinski definition) is 2. The lowest BCUT2D eigenvalue weighted by Gasteiger charge is -2.09. The lowest BCUT2D eigenvalue weighted by Crippen LogP contribution is -2.10. The molecule has 7 heteroatoms. The largest absolute Gasteiger partial charge is 0.507 e. The number of rotatable bonds is 6. The standard InChI is InChI=1S/C19H20O6S/c1-13(2)12-25-19(21)17-11-15(7-10-18(17)20)4-3-14-5-8-16(9-6-14)26(22,23)24/h3-11,13,20H,12H2,1-2H3,(H,22,23,24)/b4-3+. The molecule has 0 saturated carbocycles. The first-order valence-electron chi connectivity index (χ1n) is 7.92. The lowest BCUT2D eigenvalue weighted by atomic mass is 10.1. The van der Waals surface area contributed by atoms with Crippen LogP contribution in [0.15, 0.2) is 47.4 Å². The van der Waals surface area contributed by atoms with Gasteiger partial charge in [0.25, 0.3) is 10.1 Å². The Morgan fingerprint density at radius 1 is 1.08 bits per heavy atom. The summed E-state index contributed by atoms with van der Waals surface area (Å²) in [5, 5.41) is 9.86. The lowest BCUT2D eigenvalue weighted by molar-refractivity contribution is 0.0455. The number of aromatic hydroxyl groups is 1. The number of benzene rings is 2. The molecule has 0 aromatic heterocycles. The molecule has 2 rings (SSSR count). The molecular weight excluding hydrogens is 356 g/mol. The van der Waals surface area contributed by atoms with E-state index < -0.39 is 16.1 Å². The van der Waals surface area contributed by atoms with E-state index in [9.17, 15) is 18.3 Å². The van der Waals surface area contributed by atoms with Crippen LogP contribution in [0.3, 0.4) is 0 Å². The zero-order valence-electron chi connectivity index (χ0n) is 14.4. The molecule has 0 atom stereocenters. The predicted molar refractivity (Wildman–Crippen MR) is 98.4 cm³/mol. The number of ether oxygens (including phenoxy) is 1. The van der Waals surface area contributed by atoms with Crippen LogP contribution in [0, 0.1) is 5.92 Å². The molecule has 2 N–H and O–H groups in total. The summed E-state index contributed by atoms with van der Waals surface area (Å²) in [5.41, 5.74) is 1.45. The van der Waals surface area contributed by atoms with E-state index in [2.05, 4.69) is 0 Å². The summed E-state index contributed by atoms with van der Waals surface area (Å²) in [6, 6.07) is 10.2. The van der Waals surface area contributed by atoms with Crippen LogP contribution in [-0.4, -0.2) is 30.7 Å². The van der Waals surface area contributed by atoms with E-state index in [4.69, 9.17) is 9.29 Å². The Bertz CT molecular complexity index is 912. The summed E-state index contributed by atoms with van der Waals surface area (Å²) in [4.78, 5) is 11.9. The van der Waals surface area contributed by atoms with Crippen LogP contribution in [0.25, 0.3) is 12.2 Å². The van der Waals surface area contributed by atoms with Crippen LogP contribution in [0.2, 0.25) is 0 Å². The van der Waals surface area contributed by atoms with Crippen molar-refractivity contribution < 1.29 is 27.6 Å². The smallest absolute Gasteiger partial charge is 0.341 e. The van der Waals surface area contributed by atoms with Crippen molar-refractivity contribution in [3.63, 3.8) is 0 Å². The molecular formula is C19H20O6S. The van der Waals surface area contributed by atoms with E-state index in [-0.39, 0.29) is 28.7 Å². The third-order valence-corrected chi connectivity index (χ3v) is 4.30. The first-order chi connectivity index (χ1) is 12.2. The molecule has 0 aliphatic carbocycles. The third kappa shape index (κ3) is 5.44. The summed E-state index contributed by atoms with van der Waals surface area (Å²) in [7, 11) is -4.22. The Labute approximate surface area is 152 Å². The second kappa shape index (κ2) is 8.16. The van der Waals surface area contributed by atoms with Crippen molar-refractivity contribution in [2.75, 3.05) is 6.61 Å². The van der Waals surface area contributed by atoms with E-state index in [0.717, 1.165) is 0 Å². The van der Waals surface area contributed by atoms with Crippen LogP contribution in [0.4, 0.5) is 0 Å². The van der Waals surface area contributed by atoms with E-state index in [0.29, 0.717) is 11.1 Å². The molecule has 0 bridgehead atoms. The second-order valence-corrected chi connectivity index (χ2v) is 7.57. The SMILES string of the molecule is CC(C)COC(=O)c1cc(/C=C/c2ccc(S(=O)(=O)O)cc2)ccc1O. The molecule has 0 heterocycles. The highest BCUT2D eigenvalue weighted by atomic mass is 32.2. The fourth-order valence-corrected chi connectivity index (χ4v) is 2.56. The minimum atomic E-state index is -4.22. The molecule has 0 saturated heterocycles. The van der Waals surface area contributed by atoms with Crippen LogP contribution >= 0.6 is 0 Å². The highest BCUT2D eigenvalue weighted by Crippen LogP contribution is 2.21. The van der Waals surface area contributed by atoms with Crippen LogP contribution in [0.5, 0.6) is 5.75 Å². The van der Waals surface area contributed by atoms with Crippen LogP contribution in [0.1, 0.15) is 35.3 Å². The van der Waals surface area contributed by atoms with Crippen molar-refractivity contribution in [1.82, 2.24) is 0 Å². The predicted octanol–water partition coefficient (Wildman–Crippen LogP) is 3.62. The molecule has 2 aromatic rings. The van der Waals surface area contributed by atoms with Gasteiger partial charge in [-0.05, 0) is 41.3 Å². The zero-order valence-corrected chi connectivity index (χ0v) is 15.2. The third-order valence-electron chi connectivity index (χ3n) is 3.43. The minimum Gasteiger partial charge on any atom is -0.507 e. The molecule has 0 radical (unpaired) electrons. The van der Waals surface area contributed by atoms with Gasteiger partial charge in [0, 0.05) is 0 Å².